The number of aromatic nitrogens is 1. The first-order valence-corrected chi connectivity index (χ1v) is 7.81. The van der Waals surface area contributed by atoms with Gasteiger partial charge in [-0.3, -0.25) is 4.98 Å². The summed E-state index contributed by atoms with van der Waals surface area (Å²) in [7, 11) is -2.18. The first-order valence-electron chi connectivity index (χ1n) is 4.42. The minimum Gasteiger partial charge on any atom is -0.323 e. The summed E-state index contributed by atoms with van der Waals surface area (Å²) < 4.78 is 13.0. The number of nitrogens with zero attached hydrogens (tertiary/aromatic N) is 1. The molecule has 2 nitrogen and oxygen atoms in total. The summed E-state index contributed by atoms with van der Waals surface area (Å²) in [5, 5.41) is -0.353. The second kappa shape index (κ2) is 3.79. The van der Waals surface area contributed by atoms with Gasteiger partial charge >= 0.3 is 0 Å². The summed E-state index contributed by atoms with van der Waals surface area (Å²) in [5.74, 6) is 0. The fourth-order valence-electron chi connectivity index (χ4n) is 1.01. The van der Waals surface area contributed by atoms with Gasteiger partial charge in [0.2, 0.25) is 0 Å². The van der Waals surface area contributed by atoms with Crippen LogP contribution in [0.4, 0.5) is 0 Å². The Bertz CT molecular complexity index is 366. The lowest BCUT2D eigenvalue weighted by Gasteiger charge is -2.28. The maximum absolute atomic E-state index is 12.1. The topological polar surface area (TPSA) is 30.0 Å². The molecule has 1 heterocycles. The van der Waals surface area contributed by atoms with Gasteiger partial charge in [0.05, 0.1) is 18.0 Å². The largest absolute Gasteiger partial charge is 0.323 e. The first kappa shape index (κ1) is 11.9. The van der Waals surface area contributed by atoms with Crippen molar-refractivity contribution in [3.05, 3.63) is 28.5 Å². The molecule has 0 saturated heterocycles. The number of rotatable bonds is 2. The Labute approximate surface area is 93.6 Å². The van der Waals surface area contributed by atoms with Crippen LogP contribution < -0.4 is 0 Å². The summed E-state index contributed by atoms with van der Waals surface area (Å²) >= 11 is 3.33. The molecule has 1 aromatic heterocycles. The van der Waals surface area contributed by atoms with Gasteiger partial charge < -0.3 is 4.57 Å². The third kappa shape index (κ3) is 2.26. The van der Waals surface area contributed by atoms with E-state index in [2.05, 4.69) is 20.9 Å². The van der Waals surface area contributed by atoms with Crippen LogP contribution in [0.1, 0.15) is 19.5 Å². The zero-order valence-corrected chi connectivity index (χ0v) is 11.4. The quantitative estimate of drug-likeness (QED) is 0.771. The average molecular weight is 276 g/mol. The minimum absolute atomic E-state index is 0.353. The van der Waals surface area contributed by atoms with Crippen LogP contribution in [0.3, 0.4) is 0 Å². The van der Waals surface area contributed by atoms with Crippen LogP contribution in [-0.4, -0.2) is 18.3 Å². The summed E-state index contributed by atoms with van der Waals surface area (Å²) in [6, 6.07) is 3.85. The van der Waals surface area contributed by atoms with Crippen molar-refractivity contribution in [1.82, 2.24) is 4.98 Å². The van der Waals surface area contributed by atoms with Crippen molar-refractivity contribution in [2.45, 2.75) is 19.0 Å². The highest BCUT2D eigenvalue weighted by atomic mass is 79.9. The van der Waals surface area contributed by atoms with E-state index in [4.69, 9.17) is 0 Å². The second-order valence-corrected chi connectivity index (χ2v) is 9.01. The Morgan fingerprint density at radius 2 is 1.93 bits per heavy atom. The van der Waals surface area contributed by atoms with Crippen LogP contribution in [0, 0.1) is 0 Å². The number of hydrogen-bond acceptors (Lipinski definition) is 2. The fourth-order valence-corrected chi connectivity index (χ4v) is 1.93. The molecule has 1 aromatic rings. The van der Waals surface area contributed by atoms with Gasteiger partial charge in [0.25, 0.3) is 0 Å². The molecule has 0 radical (unpaired) electrons. The molecule has 0 fully saturated rings. The van der Waals surface area contributed by atoms with Crippen molar-refractivity contribution in [2.75, 3.05) is 13.3 Å². The van der Waals surface area contributed by atoms with E-state index in [0.29, 0.717) is 0 Å². The molecule has 0 aliphatic rings. The predicted molar refractivity (Wildman–Crippen MR) is 64.4 cm³/mol. The zero-order chi connectivity index (χ0) is 11.0. The van der Waals surface area contributed by atoms with E-state index < -0.39 is 7.14 Å². The number of pyridine rings is 1. The van der Waals surface area contributed by atoms with E-state index in [1.807, 2.05) is 26.0 Å². The van der Waals surface area contributed by atoms with Crippen molar-refractivity contribution in [3.8, 4) is 0 Å². The van der Waals surface area contributed by atoms with E-state index in [-0.39, 0.29) is 5.16 Å². The third-order valence-electron chi connectivity index (χ3n) is 2.70. The fraction of sp³-hybridized carbons (Fsp3) is 0.500. The first-order chi connectivity index (χ1) is 6.25. The zero-order valence-electron chi connectivity index (χ0n) is 8.91. The van der Waals surface area contributed by atoms with Gasteiger partial charge in [-0.05, 0) is 55.2 Å². The highest BCUT2D eigenvalue weighted by molar-refractivity contribution is 9.10. The summed E-state index contributed by atoms with van der Waals surface area (Å²) in [5.41, 5.74) is 0.883. The SMILES string of the molecule is CC(C)(c1ccc(Br)cn1)P(C)(C)=O. The molecule has 78 valence electrons. The molecule has 0 aromatic carbocycles. The summed E-state index contributed by atoms with van der Waals surface area (Å²) in [6.45, 7) is 7.56. The lowest BCUT2D eigenvalue weighted by atomic mass is 10.1. The van der Waals surface area contributed by atoms with E-state index in [0.717, 1.165) is 10.2 Å². The van der Waals surface area contributed by atoms with Gasteiger partial charge in [-0.2, -0.15) is 0 Å². The molecule has 0 atom stereocenters. The number of halogens is 1. The van der Waals surface area contributed by atoms with Crippen LogP contribution in [0.15, 0.2) is 22.8 Å². The highest BCUT2D eigenvalue weighted by Gasteiger charge is 2.34. The molecular formula is C10H15BrNOP. The normalized spacial score (nSPS) is 12.9. The lowest BCUT2D eigenvalue weighted by molar-refractivity contribution is 0.550. The molecular weight excluding hydrogens is 261 g/mol. The van der Waals surface area contributed by atoms with E-state index in [1.165, 1.54) is 0 Å². The van der Waals surface area contributed by atoms with Crippen LogP contribution in [0.5, 0.6) is 0 Å². The van der Waals surface area contributed by atoms with Crippen molar-refractivity contribution in [3.63, 3.8) is 0 Å². The van der Waals surface area contributed by atoms with Gasteiger partial charge in [-0.1, -0.05) is 0 Å². The number of hydrogen-bond donors (Lipinski definition) is 0. The molecule has 0 saturated carbocycles. The average Bonchev–Trinajstić information content (AvgIpc) is 2.03. The molecule has 0 unspecified atom stereocenters. The molecule has 4 heteroatoms. The third-order valence-corrected chi connectivity index (χ3v) is 6.09. The van der Waals surface area contributed by atoms with E-state index in [9.17, 15) is 4.57 Å². The van der Waals surface area contributed by atoms with Crippen molar-refractivity contribution in [2.24, 2.45) is 0 Å². The van der Waals surface area contributed by atoms with Crippen LogP contribution >= 0.6 is 23.1 Å². The Balaban J connectivity index is 3.17. The van der Waals surface area contributed by atoms with Gasteiger partial charge in [-0.15, -0.1) is 0 Å². The Kier molecular flexibility index (Phi) is 3.23. The van der Waals surface area contributed by atoms with Crippen LogP contribution in [0.25, 0.3) is 0 Å². The minimum atomic E-state index is -2.18. The lowest BCUT2D eigenvalue weighted by Crippen LogP contribution is -2.18. The van der Waals surface area contributed by atoms with Crippen molar-refractivity contribution >= 4 is 23.1 Å². The molecule has 0 bridgehead atoms. The highest BCUT2D eigenvalue weighted by Crippen LogP contribution is 2.56. The summed E-state index contributed by atoms with van der Waals surface area (Å²) in [6.07, 6.45) is 1.74. The Morgan fingerprint density at radius 3 is 2.29 bits per heavy atom. The second-order valence-electron chi connectivity index (χ2n) is 4.27. The van der Waals surface area contributed by atoms with Gasteiger partial charge in [0, 0.05) is 10.7 Å². The summed E-state index contributed by atoms with van der Waals surface area (Å²) in [4.78, 5) is 4.30. The molecule has 0 aliphatic heterocycles. The van der Waals surface area contributed by atoms with Gasteiger partial charge in [0.1, 0.15) is 0 Å². The predicted octanol–water partition coefficient (Wildman–Crippen LogP) is 3.70. The molecule has 0 amide bonds. The Morgan fingerprint density at radius 1 is 1.36 bits per heavy atom. The van der Waals surface area contributed by atoms with Crippen LogP contribution in [-0.2, 0) is 9.72 Å². The van der Waals surface area contributed by atoms with E-state index in [1.54, 1.807) is 19.5 Å². The van der Waals surface area contributed by atoms with Gasteiger partial charge in [-0.25, -0.2) is 0 Å². The standard InChI is InChI=1S/C10H15BrNOP/c1-10(2,14(3,4)13)9-6-5-8(11)7-12-9/h5-7H,1-4H3. The van der Waals surface area contributed by atoms with Crippen molar-refractivity contribution < 1.29 is 4.57 Å². The van der Waals surface area contributed by atoms with Crippen LogP contribution in [0.2, 0.25) is 0 Å². The Hall–Kier alpha value is -0.140. The monoisotopic (exact) mass is 275 g/mol. The molecule has 0 aliphatic carbocycles. The molecule has 0 spiro atoms. The molecule has 0 N–H and O–H groups in total. The maximum Gasteiger partial charge on any atom is 0.0929 e. The maximum atomic E-state index is 12.1. The molecule has 14 heavy (non-hydrogen) atoms. The van der Waals surface area contributed by atoms with Crippen molar-refractivity contribution in [1.29, 1.82) is 0 Å². The smallest absolute Gasteiger partial charge is 0.0929 e. The van der Waals surface area contributed by atoms with E-state index >= 15 is 0 Å². The van der Waals surface area contributed by atoms with Gasteiger partial charge in [0.15, 0.2) is 0 Å². The molecule has 1 rings (SSSR count).